The van der Waals surface area contributed by atoms with Gasteiger partial charge >= 0.3 is 0 Å². The molecule has 2 N–H and O–H groups in total. The van der Waals surface area contributed by atoms with Crippen molar-refractivity contribution in [2.75, 3.05) is 17.2 Å². The van der Waals surface area contributed by atoms with Gasteiger partial charge in [0.05, 0.1) is 0 Å². The molecule has 0 aliphatic heterocycles. The van der Waals surface area contributed by atoms with Crippen LogP contribution in [0.5, 0.6) is 0 Å². The van der Waals surface area contributed by atoms with E-state index >= 15 is 0 Å². The van der Waals surface area contributed by atoms with Crippen LogP contribution < -0.4 is 10.6 Å². The van der Waals surface area contributed by atoms with Gasteiger partial charge in [0, 0.05) is 24.3 Å². The van der Waals surface area contributed by atoms with E-state index in [1.165, 1.54) is 11.1 Å². The van der Waals surface area contributed by atoms with Crippen molar-refractivity contribution in [2.24, 2.45) is 0 Å². The van der Waals surface area contributed by atoms with Crippen molar-refractivity contribution in [3.8, 4) is 0 Å². The van der Waals surface area contributed by atoms with Gasteiger partial charge in [-0.05, 0) is 49.4 Å². The maximum atomic E-state index is 12.2. The van der Waals surface area contributed by atoms with E-state index in [0.717, 1.165) is 28.9 Å². The minimum atomic E-state index is 0.0431. The summed E-state index contributed by atoms with van der Waals surface area (Å²) in [5, 5.41) is 6.45. The van der Waals surface area contributed by atoms with Crippen LogP contribution in [0.2, 0.25) is 0 Å². The lowest BCUT2D eigenvalue weighted by atomic mass is 10.1. The van der Waals surface area contributed by atoms with E-state index in [9.17, 15) is 4.79 Å². The van der Waals surface area contributed by atoms with Crippen LogP contribution in [0.25, 0.3) is 0 Å². The molecule has 0 spiro atoms. The second-order valence-electron chi connectivity index (χ2n) is 5.95. The second kappa shape index (κ2) is 7.82. The third kappa shape index (κ3) is 4.35. The van der Waals surface area contributed by atoms with E-state index in [1.54, 1.807) is 0 Å². The molecule has 3 heteroatoms. The fraction of sp³-hybridized carbons (Fsp3) is 0.350. The molecule has 2 rings (SSSR count). The number of aryl methyl sites for hydroxylation is 4. The Morgan fingerprint density at radius 1 is 0.913 bits per heavy atom. The molecule has 0 bridgehead atoms. The highest BCUT2D eigenvalue weighted by molar-refractivity contribution is 5.92. The molecule has 0 aliphatic rings. The van der Waals surface area contributed by atoms with Gasteiger partial charge < -0.3 is 10.6 Å². The summed E-state index contributed by atoms with van der Waals surface area (Å²) < 4.78 is 0. The average Bonchev–Trinajstić information content (AvgIpc) is 2.52. The summed E-state index contributed by atoms with van der Waals surface area (Å²) in [7, 11) is 0. The lowest BCUT2D eigenvalue weighted by Crippen LogP contribution is -2.18. The number of carbonyl (C=O) groups excluding carboxylic acids is 1. The van der Waals surface area contributed by atoms with Crippen molar-refractivity contribution in [1.29, 1.82) is 0 Å². The predicted molar refractivity (Wildman–Crippen MR) is 98.2 cm³/mol. The van der Waals surface area contributed by atoms with Gasteiger partial charge in [-0.15, -0.1) is 0 Å². The average molecular weight is 310 g/mol. The number of carbonyl (C=O) groups is 1. The molecule has 0 fully saturated rings. The zero-order valence-corrected chi connectivity index (χ0v) is 14.5. The Kier molecular flexibility index (Phi) is 5.80. The predicted octanol–water partition coefficient (Wildman–Crippen LogP) is 4.61. The molecule has 2 aromatic carbocycles. The molecule has 2 aromatic rings. The number of nitrogens with one attached hydrogen (secondary N) is 2. The molecule has 0 aliphatic carbocycles. The third-order valence-corrected chi connectivity index (χ3v) is 4.14. The maximum absolute atomic E-state index is 12.2. The van der Waals surface area contributed by atoms with E-state index in [2.05, 4.69) is 42.7 Å². The number of amides is 1. The molecule has 3 nitrogen and oxygen atoms in total. The summed E-state index contributed by atoms with van der Waals surface area (Å²) in [4.78, 5) is 12.2. The lowest BCUT2D eigenvalue weighted by molar-refractivity contribution is -0.115. The molecule has 23 heavy (non-hydrogen) atoms. The third-order valence-electron chi connectivity index (χ3n) is 4.14. The Labute approximate surface area is 139 Å². The molecular weight excluding hydrogens is 284 g/mol. The van der Waals surface area contributed by atoms with E-state index in [-0.39, 0.29) is 5.91 Å². The van der Waals surface area contributed by atoms with Crippen LogP contribution in [0.3, 0.4) is 0 Å². The van der Waals surface area contributed by atoms with Crippen molar-refractivity contribution in [2.45, 2.75) is 40.5 Å². The van der Waals surface area contributed by atoms with Crippen LogP contribution in [0.15, 0.2) is 36.4 Å². The Balaban J connectivity index is 1.93. The largest absolute Gasteiger partial charge is 0.384 e. The fourth-order valence-corrected chi connectivity index (χ4v) is 2.79. The van der Waals surface area contributed by atoms with Crippen LogP contribution in [0, 0.1) is 20.8 Å². The van der Waals surface area contributed by atoms with Gasteiger partial charge in [0.25, 0.3) is 0 Å². The number of para-hydroxylation sites is 2. The van der Waals surface area contributed by atoms with Gasteiger partial charge in [-0.3, -0.25) is 4.79 Å². The van der Waals surface area contributed by atoms with Crippen molar-refractivity contribution in [1.82, 2.24) is 0 Å². The second-order valence-corrected chi connectivity index (χ2v) is 5.95. The molecule has 122 valence electrons. The molecule has 0 saturated carbocycles. The van der Waals surface area contributed by atoms with E-state index in [0.29, 0.717) is 13.0 Å². The highest BCUT2D eigenvalue weighted by Gasteiger charge is 2.08. The normalized spacial score (nSPS) is 10.4. The zero-order valence-electron chi connectivity index (χ0n) is 14.5. The lowest BCUT2D eigenvalue weighted by Gasteiger charge is -2.15. The Morgan fingerprint density at radius 3 is 2.09 bits per heavy atom. The summed E-state index contributed by atoms with van der Waals surface area (Å²) in [5.41, 5.74) is 6.80. The standard InChI is InChI=1S/C20H26N2O/c1-5-17-11-7-10-16(4)20(17)21-13-12-18(23)22-19-14(2)8-6-9-15(19)3/h6-11,21H,5,12-13H2,1-4H3,(H,22,23). The molecule has 0 saturated heterocycles. The number of rotatable bonds is 6. The summed E-state index contributed by atoms with van der Waals surface area (Å²) in [6.45, 7) is 8.91. The van der Waals surface area contributed by atoms with Crippen molar-refractivity contribution in [3.05, 3.63) is 58.7 Å². The molecular formula is C20H26N2O. The van der Waals surface area contributed by atoms with Crippen molar-refractivity contribution >= 4 is 17.3 Å². The first-order valence-corrected chi connectivity index (χ1v) is 8.21. The Morgan fingerprint density at radius 2 is 1.48 bits per heavy atom. The van der Waals surface area contributed by atoms with E-state index < -0.39 is 0 Å². The zero-order chi connectivity index (χ0) is 16.8. The molecule has 1 amide bonds. The van der Waals surface area contributed by atoms with Gasteiger partial charge in [0.1, 0.15) is 0 Å². The van der Waals surface area contributed by atoms with Gasteiger partial charge in [-0.2, -0.15) is 0 Å². The highest BCUT2D eigenvalue weighted by atomic mass is 16.1. The quantitative estimate of drug-likeness (QED) is 0.817. The Bertz CT molecular complexity index is 672. The minimum Gasteiger partial charge on any atom is -0.384 e. The fourth-order valence-electron chi connectivity index (χ4n) is 2.79. The molecule has 0 radical (unpaired) electrons. The topological polar surface area (TPSA) is 41.1 Å². The van der Waals surface area contributed by atoms with Gasteiger partial charge in [-0.1, -0.05) is 43.3 Å². The van der Waals surface area contributed by atoms with E-state index in [1.807, 2.05) is 32.0 Å². The molecule has 0 heterocycles. The number of benzene rings is 2. The van der Waals surface area contributed by atoms with Crippen LogP contribution in [-0.4, -0.2) is 12.5 Å². The minimum absolute atomic E-state index is 0.0431. The van der Waals surface area contributed by atoms with Crippen LogP contribution in [0.4, 0.5) is 11.4 Å². The van der Waals surface area contributed by atoms with E-state index in [4.69, 9.17) is 0 Å². The number of hydrogen-bond acceptors (Lipinski definition) is 2. The van der Waals surface area contributed by atoms with Crippen LogP contribution >= 0.6 is 0 Å². The molecule has 0 atom stereocenters. The summed E-state index contributed by atoms with van der Waals surface area (Å²) in [6, 6.07) is 12.3. The van der Waals surface area contributed by atoms with Gasteiger partial charge in [0.15, 0.2) is 0 Å². The first-order valence-electron chi connectivity index (χ1n) is 8.21. The molecule has 0 aromatic heterocycles. The van der Waals surface area contributed by atoms with Crippen molar-refractivity contribution < 1.29 is 4.79 Å². The first-order chi connectivity index (χ1) is 11.0. The number of hydrogen-bond donors (Lipinski definition) is 2. The van der Waals surface area contributed by atoms with Gasteiger partial charge in [0.2, 0.25) is 5.91 Å². The number of anilines is 2. The highest BCUT2D eigenvalue weighted by Crippen LogP contribution is 2.22. The maximum Gasteiger partial charge on any atom is 0.226 e. The molecule has 0 unspecified atom stereocenters. The summed E-state index contributed by atoms with van der Waals surface area (Å²) in [6.07, 6.45) is 1.43. The van der Waals surface area contributed by atoms with Gasteiger partial charge in [-0.25, -0.2) is 0 Å². The van der Waals surface area contributed by atoms with Crippen molar-refractivity contribution in [3.63, 3.8) is 0 Å². The smallest absolute Gasteiger partial charge is 0.226 e. The Hall–Kier alpha value is -2.29. The first kappa shape index (κ1) is 17.1. The SMILES string of the molecule is CCc1cccc(C)c1NCCC(=O)Nc1c(C)cccc1C. The monoisotopic (exact) mass is 310 g/mol. The van der Waals surface area contributed by atoms with Crippen LogP contribution in [-0.2, 0) is 11.2 Å². The van der Waals surface area contributed by atoms with Crippen LogP contribution in [0.1, 0.15) is 35.6 Å². The summed E-state index contributed by atoms with van der Waals surface area (Å²) >= 11 is 0. The summed E-state index contributed by atoms with van der Waals surface area (Å²) in [5.74, 6) is 0.0431.